The van der Waals surface area contributed by atoms with Gasteiger partial charge >= 0.3 is 6.18 Å². The Kier molecular flexibility index (Phi) is 2.83. The monoisotopic (exact) mass is 218 g/mol. The Labute approximate surface area is 86.5 Å². The molecule has 15 heavy (non-hydrogen) atoms. The zero-order valence-electron chi connectivity index (χ0n) is 8.81. The molecule has 2 N–H and O–H groups in total. The van der Waals surface area contributed by atoms with Crippen molar-refractivity contribution in [1.29, 1.82) is 0 Å². The molecule has 0 unspecified atom stereocenters. The molecule has 0 spiro atoms. The van der Waals surface area contributed by atoms with Crippen molar-refractivity contribution in [3.8, 4) is 0 Å². The molecule has 5 heteroatoms. The predicted octanol–water partition coefficient (Wildman–Crippen LogP) is 2.66. The fourth-order valence-corrected chi connectivity index (χ4v) is 1.44. The highest BCUT2D eigenvalue weighted by atomic mass is 19.4. The first-order valence-corrected chi connectivity index (χ1v) is 4.38. The van der Waals surface area contributed by atoms with Gasteiger partial charge in [0, 0.05) is 25.5 Å². The van der Waals surface area contributed by atoms with Crippen LogP contribution >= 0.6 is 0 Å². The molecule has 0 atom stereocenters. The number of anilines is 2. The first-order valence-electron chi connectivity index (χ1n) is 4.38. The number of benzene rings is 1. The quantitative estimate of drug-likeness (QED) is 0.734. The Morgan fingerprint density at radius 3 is 2.13 bits per heavy atom. The highest BCUT2D eigenvalue weighted by Crippen LogP contribution is 2.40. The van der Waals surface area contributed by atoms with E-state index in [0.29, 0.717) is 0 Å². The molecule has 0 aromatic heterocycles. The van der Waals surface area contributed by atoms with Crippen LogP contribution in [0.1, 0.15) is 11.1 Å². The number of rotatable bonds is 1. The summed E-state index contributed by atoms with van der Waals surface area (Å²) >= 11 is 0. The topological polar surface area (TPSA) is 29.3 Å². The standard InChI is InChI=1S/C10H13F3N2/c1-6-7(14)4-5-8(15(2)3)9(6)10(11,12)13/h4-5H,14H2,1-3H3. The van der Waals surface area contributed by atoms with Crippen LogP contribution in [0, 0.1) is 6.92 Å². The third kappa shape index (κ3) is 2.16. The Bertz CT molecular complexity index is 370. The van der Waals surface area contributed by atoms with E-state index in [1.165, 1.54) is 24.0 Å². The molecule has 2 nitrogen and oxygen atoms in total. The van der Waals surface area contributed by atoms with Crippen LogP contribution in [-0.2, 0) is 6.18 Å². The summed E-state index contributed by atoms with van der Waals surface area (Å²) in [7, 11) is 3.14. The van der Waals surface area contributed by atoms with Gasteiger partial charge in [-0.1, -0.05) is 0 Å². The van der Waals surface area contributed by atoms with Gasteiger partial charge in [-0.2, -0.15) is 13.2 Å². The molecule has 0 fully saturated rings. The lowest BCUT2D eigenvalue weighted by atomic mass is 10.0. The van der Waals surface area contributed by atoms with Crippen molar-refractivity contribution in [3.63, 3.8) is 0 Å². The second-order valence-corrected chi connectivity index (χ2v) is 3.57. The lowest BCUT2D eigenvalue weighted by Crippen LogP contribution is -2.18. The van der Waals surface area contributed by atoms with E-state index < -0.39 is 11.7 Å². The molecule has 0 radical (unpaired) electrons. The number of hydrogen-bond donors (Lipinski definition) is 1. The van der Waals surface area contributed by atoms with Crippen molar-refractivity contribution >= 4 is 11.4 Å². The van der Waals surface area contributed by atoms with E-state index in [-0.39, 0.29) is 16.9 Å². The van der Waals surface area contributed by atoms with Gasteiger partial charge in [0.05, 0.1) is 5.56 Å². The van der Waals surface area contributed by atoms with Crippen molar-refractivity contribution in [1.82, 2.24) is 0 Å². The second kappa shape index (κ2) is 3.64. The van der Waals surface area contributed by atoms with Gasteiger partial charge in [-0.15, -0.1) is 0 Å². The first kappa shape index (κ1) is 11.7. The molecule has 0 saturated heterocycles. The maximum Gasteiger partial charge on any atom is 0.418 e. The van der Waals surface area contributed by atoms with E-state index in [2.05, 4.69) is 0 Å². The van der Waals surface area contributed by atoms with Crippen LogP contribution in [0.4, 0.5) is 24.5 Å². The molecule has 0 saturated carbocycles. The third-order valence-electron chi connectivity index (χ3n) is 2.25. The van der Waals surface area contributed by atoms with Crippen molar-refractivity contribution in [2.45, 2.75) is 13.1 Å². The number of hydrogen-bond acceptors (Lipinski definition) is 2. The molecule has 1 aromatic carbocycles. The van der Waals surface area contributed by atoms with Crippen molar-refractivity contribution in [2.75, 3.05) is 24.7 Å². The van der Waals surface area contributed by atoms with Crippen LogP contribution < -0.4 is 10.6 Å². The number of nitrogen functional groups attached to an aromatic ring is 1. The minimum Gasteiger partial charge on any atom is -0.398 e. The summed E-state index contributed by atoms with van der Waals surface area (Å²) in [4.78, 5) is 1.43. The molecule has 0 aliphatic carbocycles. The number of halogens is 3. The predicted molar refractivity (Wildman–Crippen MR) is 54.9 cm³/mol. The largest absolute Gasteiger partial charge is 0.418 e. The van der Waals surface area contributed by atoms with Crippen molar-refractivity contribution < 1.29 is 13.2 Å². The smallest absolute Gasteiger partial charge is 0.398 e. The van der Waals surface area contributed by atoms with Gasteiger partial charge in [-0.25, -0.2) is 0 Å². The summed E-state index contributed by atoms with van der Waals surface area (Å²) < 4.78 is 38.3. The molecular formula is C10H13F3N2. The minimum atomic E-state index is -4.38. The number of nitrogens with two attached hydrogens (primary N) is 1. The fraction of sp³-hybridized carbons (Fsp3) is 0.400. The summed E-state index contributed by atoms with van der Waals surface area (Å²) in [6.45, 7) is 1.38. The molecule has 0 bridgehead atoms. The normalized spacial score (nSPS) is 11.6. The molecule has 0 aliphatic heterocycles. The average Bonchev–Trinajstić information content (AvgIpc) is 2.06. The first-order chi connectivity index (χ1) is 6.75. The van der Waals surface area contributed by atoms with Gasteiger partial charge in [-0.3, -0.25) is 0 Å². The van der Waals surface area contributed by atoms with Crippen LogP contribution in [0.3, 0.4) is 0 Å². The van der Waals surface area contributed by atoms with Crippen molar-refractivity contribution in [2.24, 2.45) is 0 Å². The molecule has 1 rings (SSSR count). The fourth-order valence-electron chi connectivity index (χ4n) is 1.44. The summed E-state index contributed by atoms with van der Waals surface area (Å²) in [5, 5.41) is 0. The lowest BCUT2D eigenvalue weighted by molar-refractivity contribution is -0.137. The van der Waals surface area contributed by atoms with Gasteiger partial charge < -0.3 is 10.6 Å². The van der Waals surface area contributed by atoms with Crippen LogP contribution in [0.5, 0.6) is 0 Å². The third-order valence-corrected chi connectivity index (χ3v) is 2.25. The van der Waals surface area contributed by atoms with Crippen LogP contribution in [0.15, 0.2) is 12.1 Å². The van der Waals surface area contributed by atoms with E-state index in [4.69, 9.17) is 5.73 Å². The summed E-state index contributed by atoms with van der Waals surface area (Å²) in [6.07, 6.45) is -4.38. The van der Waals surface area contributed by atoms with E-state index in [9.17, 15) is 13.2 Å². The van der Waals surface area contributed by atoms with E-state index >= 15 is 0 Å². The Hall–Kier alpha value is -1.39. The molecule has 1 aromatic rings. The lowest BCUT2D eigenvalue weighted by Gasteiger charge is -2.22. The highest BCUT2D eigenvalue weighted by molar-refractivity contribution is 5.65. The molecule has 84 valence electrons. The zero-order chi connectivity index (χ0) is 11.8. The van der Waals surface area contributed by atoms with E-state index in [1.807, 2.05) is 0 Å². The van der Waals surface area contributed by atoms with Gasteiger partial charge in [0.2, 0.25) is 0 Å². The molecule has 0 heterocycles. The summed E-state index contributed by atoms with van der Waals surface area (Å²) in [6, 6.07) is 2.87. The Morgan fingerprint density at radius 1 is 1.20 bits per heavy atom. The zero-order valence-corrected chi connectivity index (χ0v) is 8.81. The Balaban J connectivity index is 3.49. The van der Waals surface area contributed by atoms with Gasteiger partial charge in [0.25, 0.3) is 0 Å². The maximum atomic E-state index is 12.8. The second-order valence-electron chi connectivity index (χ2n) is 3.57. The molecule has 0 amide bonds. The Morgan fingerprint density at radius 2 is 1.73 bits per heavy atom. The van der Waals surface area contributed by atoms with Crippen molar-refractivity contribution in [3.05, 3.63) is 23.3 Å². The maximum absolute atomic E-state index is 12.8. The van der Waals surface area contributed by atoms with Gasteiger partial charge in [0.1, 0.15) is 0 Å². The summed E-state index contributed by atoms with van der Waals surface area (Å²) in [5.74, 6) is 0. The number of alkyl halides is 3. The van der Waals surface area contributed by atoms with E-state index in [0.717, 1.165) is 0 Å². The van der Waals surface area contributed by atoms with E-state index in [1.54, 1.807) is 14.1 Å². The SMILES string of the molecule is Cc1c(N)ccc(N(C)C)c1C(F)(F)F. The van der Waals surface area contributed by atoms with Gasteiger partial charge in [-0.05, 0) is 24.6 Å². The van der Waals surface area contributed by atoms with Crippen LogP contribution in [0.25, 0.3) is 0 Å². The van der Waals surface area contributed by atoms with Crippen LogP contribution in [0.2, 0.25) is 0 Å². The minimum absolute atomic E-state index is 0.0775. The summed E-state index contributed by atoms with van der Waals surface area (Å²) in [5.41, 5.74) is 5.18. The average molecular weight is 218 g/mol. The molecular weight excluding hydrogens is 205 g/mol. The number of nitrogens with zero attached hydrogens (tertiary/aromatic N) is 1. The highest BCUT2D eigenvalue weighted by Gasteiger charge is 2.36. The van der Waals surface area contributed by atoms with Crippen LogP contribution in [-0.4, -0.2) is 14.1 Å². The van der Waals surface area contributed by atoms with Gasteiger partial charge in [0.15, 0.2) is 0 Å². The molecule has 0 aliphatic rings.